The van der Waals surface area contributed by atoms with E-state index in [0.29, 0.717) is 10.2 Å². The number of carbonyl (C=O) groups excluding carboxylic acids is 1. The highest BCUT2D eigenvalue weighted by Crippen LogP contribution is 2.12. The standard InChI is InChI=1S/C13H11BrN2O/c1-9-2-4-11(5-3-9)16-13(17)10-6-7-15-12(14)8-10/h2-8H,1H3,(H,16,17). The molecule has 1 heterocycles. The van der Waals surface area contributed by atoms with Crippen molar-refractivity contribution in [3.63, 3.8) is 0 Å². The van der Waals surface area contributed by atoms with E-state index in [1.54, 1.807) is 18.3 Å². The fourth-order valence-corrected chi connectivity index (χ4v) is 1.75. The zero-order valence-corrected chi connectivity index (χ0v) is 10.9. The molecule has 0 bridgehead atoms. The number of hydrogen-bond acceptors (Lipinski definition) is 2. The SMILES string of the molecule is Cc1ccc(NC(=O)c2ccnc(Br)c2)cc1. The summed E-state index contributed by atoms with van der Waals surface area (Å²) in [5.41, 5.74) is 2.52. The molecular weight excluding hydrogens is 280 g/mol. The van der Waals surface area contributed by atoms with E-state index in [2.05, 4.69) is 26.2 Å². The van der Waals surface area contributed by atoms with Crippen LogP contribution in [0.25, 0.3) is 0 Å². The van der Waals surface area contributed by atoms with Gasteiger partial charge in [-0.05, 0) is 47.1 Å². The lowest BCUT2D eigenvalue weighted by Gasteiger charge is -2.05. The van der Waals surface area contributed by atoms with Crippen molar-refractivity contribution in [2.24, 2.45) is 0 Å². The summed E-state index contributed by atoms with van der Waals surface area (Å²) < 4.78 is 0.647. The van der Waals surface area contributed by atoms with E-state index >= 15 is 0 Å². The number of aromatic nitrogens is 1. The first-order chi connectivity index (χ1) is 8.15. The van der Waals surface area contributed by atoms with Crippen LogP contribution in [0, 0.1) is 6.92 Å². The summed E-state index contributed by atoms with van der Waals surface area (Å²) in [7, 11) is 0. The number of halogens is 1. The number of nitrogens with one attached hydrogen (secondary N) is 1. The van der Waals surface area contributed by atoms with Gasteiger partial charge in [0.1, 0.15) is 4.60 Å². The molecule has 86 valence electrons. The molecule has 1 N–H and O–H groups in total. The molecule has 4 heteroatoms. The minimum absolute atomic E-state index is 0.142. The molecule has 0 spiro atoms. The van der Waals surface area contributed by atoms with Crippen LogP contribution in [-0.4, -0.2) is 10.9 Å². The van der Waals surface area contributed by atoms with Crippen molar-refractivity contribution in [2.45, 2.75) is 6.92 Å². The Hall–Kier alpha value is -1.68. The van der Waals surface area contributed by atoms with Crippen molar-refractivity contribution in [2.75, 3.05) is 5.32 Å². The van der Waals surface area contributed by atoms with Crippen LogP contribution < -0.4 is 5.32 Å². The highest BCUT2D eigenvalue weighted by molar-refractivity contribution is 9.10. The number of anilines is 1. The number of benzene rings is 1. The minimum Gasteiger partial charge on any atom is -0.322 e. The number of hydrogen-bond donors (Lipinski definition) is 1. The van der Waals surface area contributed by atoms with Crippen molar-refractivity contribution >= 4 is 27.5 Å². The number of amides is 1. The molecule has 17 heavy (non-hydrogen) atoms. The van der Waals surface area contributed by atoms with Crippen LogP contribution in [0.2, 0.25) is 0 Å². The van der Waals surface area contributed by atoms with Gasteiger partial charge in [-0.1, -0.05) is 17.7 Å². The predicted octanol–water partition coefficient (Wildman–Crippen LogP) is 3.40. The van der Waals surface area contributed by atoms with Crippen LogP contribution in [0.1, 0.15) is 15.9 Å². The maximum Gasteiger partial charge on any atom is 0.255 e. The van der Waals surface area contributed by atoms with Gasteiger partial charge in [0.05, 0.1) is 0 Å². The lowest BCUT2D eigenvalue weighted by molar-refractivity contribution is 0.102. The molecule has 0 unspecified atom stereocenters. The van der Waals surface area contributed by atoms with Crippen LogP contribution in [0.15, 0.2) is 47.2 Å². The van der Waals surface area contributed by atoms with Crippen molar-refractivity contribution in [1.82, 2.24) is 4.98 Å². The summed E-state index contributed by atoms with van der Waals surface area (Å²) in [6.07, 6.45) is 1.59. The second kappa shape index (κ2) is 5.10. The minimum atomic E-state index is -0.142. The molecule has 1 aromatic carbocycles. The Balaban J connectivity index is 2.14. The second-order valence-electron chi connectivity index (χ2n) is 3.69. The first-order valence-electron chi connectivity index (χ1n) is 5.15. The molecule has 3 nitrogen and oxygen atoms in total. The highest BCUT2D eigenvalue weighted by Gasteiger charge is 2.06. The van der Waals surface area contributed by atoms with Crippen LogP contribution in [-0.2, 0) is 0 Å². The van der Waals surface area contributed by atoms with Crippen LogP contribution >= 0.6 is 15.9 Å². The molecule has 0 atom stereocenters. The normalized spacial score (nSPS) is 10.0. The Morgan fingerprint density at radius 1 is 1.24 bits per heavy atom. The largest absolute Gasteiger partial charge is 0.322 e. The van der Waals surface area contributed by atoms with Crippen molar-refractivity contribution < 1.29 is 4.79 Å². The summed E-state index contributed by atoms with van der Waals surface area (Å²) >= 11 is 3.23. The lowest BCUT2D eigenvalue weighted by Crippen LogP contribution is -2.11. The van der Waals surface area contributed by atoms with Crippen molar-refractivity contribution in [3.05, 3.63) is 58.3 Å². The van der Waals surface area contributed by atoms with Gasteiger partial charge < -0.3 is 5.32 Å². The summed E-state index contributed by atoms with van der Waals surface area (Å²) in [4.78, 5) is 15.9. The van der Waals surface area contributed by atoms with Crippen molar-refractivity contribution in [3.8, 4) is 0 Å². The van der Waals surface area contributed by atoms with Gasteiger partial charge in [-0.15, -0.1) is 0 Å². The molecule has 0 aliphatic rings. The van der Waals surface area contributed by atoms with Gasteiger partial charge in [-0.2, -0.15) is 0 Å². The Bertz CT molecular complexity index is 537. The third-order valence-corrected chi connectivity index (χ3v) is 2.73. The van der Waals surface area contributed by atoms with Gasteiger partial charge in [0.25, 0.3) is 5.91 Å². The molecule has 1 amide bonds. The summed E-state index contributed by atoms with van der Waals surface area (Å²) in [5, 5.41) is 2.83. The van der Waals surface area contributed by atoms with Crippen molar-refractivity contribution in [1.29, 1.82) is 0 Å². The van der Waals surface area contributed by atoms with Gasteiger partial charge in [0.2, 0.25) is 0 Å². The molecule has 0 aliphatic carbocycles. The number of rotatable bonds is 2. The third-order valence-electron chi connectivity index (χ3n) is 2.30. The molecular formula is C13H11BrN2O. The molecule has 0 radical (unpaired) electrons. The third kappa shape index (κ3) is 3.14. The quantitative estimate of drug-likeness (QED) is 0.862. The van der Waals surface area contributed by atoms with Gasteiger partial charge in [0.15, 0.2) is 0 Å². The van der Waals surface area contributed by atoms with Gasteiger partial charge in [-0.3, -0.25) is 4.79 Å². The zero-order valence-electron chi connectivity index (χ0n) is 9.27. The smallest absolute Gasteiger partial charge is 0.255 e. The van der Waals surface area contributed by atoms with E-state index in [0.717, 1.165) is 11.3 Å². The maximum atomic E-state index is 11.9. The monoisotopic (exact) mass is 290 g/mol. The van der Waals surface area contributed by atoms with E-state index in [1.165, 1.54) is 0 Å². The van der Waals surface area contributed by atoms with Crippen LogP contribution in [0.4, 0.5) is 5.69 Å². The Morgan fingerprint density at radius 2 is 1.94 bits per heavy atom. The second-order valence-corrected chi connectivity index (χ2v) is 4.50. The maximum absolute atomic E-state index is 11.9. The average molecular weight is 291 g/mol. The van der Waals surface area contributed by atoms with Crippen LogP contribution in [0.5, 0.6) is 0 Å². The molecule has 1 aromatic heterocycles. The Labute approximate surface area is 108 Å². The molecule has 2 aromatic rings. The molecule has 0 fully saturated rings. The zero-order chi connectivity index (χ0) is 12.3. The van der Waals surface area contributed by atoms with Crippen LogP contribution in [0.3, 0.4) is 0 Å². The number of carbonyl (C=O) groups is 1. The molecule has 0 saturated heterocycles. The number of pyridine rings is 1. The predicted molar refractivity (Wildman–Crippen MR) is 71.1 cm³/mol. The summed E-state index contributed by atoms with van der Waals surface area (Å²) in [6, 6.07) is 11.0. The topological polar surface area (TPSA) is 42.0 Å². The van der Waals surface area contributed by atoms with Gasteiger partial charge >= 0.3 is 0 Å². The number of nitrogens with zero attached hydrogens (tertiary/aromatic N) is 1. The fraction of sp³-hybridized carbons (Fsp3) is 0.0769. The molecule has 2 rings (SSSR count). The fourth-order valence-electron chi connectivity index (χ4n) is 1.38. The van der Waals surface area contributed by atoms with E-state index in [-0.39, 0.29) is 5.91 Å². The average Bonchev–Trinajstić information content (AvgIpc) is 2.32. The first kappa shape index (κ1) is 11.8. The van der Waals surface area contributed by atoms with Gasteiger partial charge in [0, 0.05) is 17.4 Å². The molecule has 0 aliphatic heterocycles. The highest BCUT2D eigenvalue weighted by atomic mass is 79.9. The van der Waals surface area contributed by atoms with E-state index in [9.17, 15) is 4.79 Å². The summed E-state index contributed by atoms with van der Waals surface area (Å²) in [5.74, 6) is -0.142. The first-order valence-corrected chi connectivity index (χ1v) is 5.94. The Kier molecular flexibility index (Phi) is 3.54. The van der Waals surface area contributed by atoms with E-state index in [1.807, 2.05) is 31.2 Å². The van der Waals surface area contributed by atoms with E-state index < -0.39 is 0 Å². The Morgan fingerprint density at radius 3 is 2.59 bits per heavy atom. The summed E-state index contributed by atoms with van der Waals surface area (Å²) in [6.45, 7) is 2.01. The van der Waals surface area contributed by atoms with E-state index in [4.69, 9.17) is 0 Å². The lowest BCUT2D eigenvalue weighted by atomic mass is 10.2. The molecule has 0 saturated carbocycles. The number of aryl methyl sites for hydroxylation is 1. The van der Waals surface area contributed by atoms with Gasteiger partial charge in [-0.25, -0.2) is 4.98 Å².